The number of ether oxygens (including phenoxy) is 2. The van der Waals surface area contributed by atoms with Crippen molar-refractivity contribution >= 4 is 17.5 Å². The standard InChI is InChI=1S/C22H25ClN2O3/c1-15(16-4-7-18(23)8-5-16)24-14-22(26)25-10-2-3-19(25)17-6-9-20-21(13-17)28-12-11-27-20/h4-9,13,15,19,24H,2-3,10-12,14H2,1H3. The number of carbonyl (C=O) groups excluding carboxylic acids is 1. The van der Waals surface area contributed by atoms with Gasteiger partial charge in [-0.05, 0) is 55.2 Å². The van der Waals surface area contributed by atoms with Gasteiger partial charge in [0.25, 0.3) is 0 Å². The van der Waals surface area contributed by atoms with E-state index in [1.165, 1.54) is 0 Å². The van der Waals surface area contributed by atoms with E-state index in [1.807, 2.05) is 47.4 Å². The third-order valence-electron chi connectivity index (χ3n) is 5.45. The Labute approximate surface area is 170 Å². The van der Waals surface area contributed by atoms with Crippen LogP contribution < -0.4 is 14.8 Å². The molecule has 1 fully saturated rings. The number of carbonyl (C=O) groups is 1. The molecule has 28 heavy (non-hydrogen) atoms. The van der Waals surface area contributed by atoms with Crippen molar-refractivity contribution in [3.63, 3.8) is 0 Å². The Morgan fingerprint density at radius 2 is 1.93 bits per heavy atom. The Morgan fingerprint density at radius 1 is 1.18 bits per heavy atom. The molecule has 1 amide bonds. The van der Waals surface area contributed by atoms with Crippen LogP contribution in [0.25, 0.3) is 0 Å². The van der Waals surface area contributed by atoms with E-state index in [0.717, 1.165) is 42.0 Å². The van der Waals surface area contributed by atoms with Gasteiger partial charge in [-0.3, -0.25) is 4.79 Å². The summed E-state index contributed by atoms with van der Waals surface area (Å²) in [5, 5.41) is 4.05. The maximum absolute atomic E-state index is 12.9. The number of nitrogens with one attached hydrogen (secondary N) is 1. The van der Waals surface area contributed by atoms with Gasteiger partial charge in [0.05, 0.1) is 12.6 Å². The molecule has 0 radical (unpaired) electrons. The number of likely N-dealkylation sites (tertiary alicyclic amines) is 1. The summed E-state index contributed by atoms with van der Waals surface area (Å²) in [5.74, 6) is 1.68. The Balaban J connectivity index is 1.40. The van der Waals surface area contributed by atoms with Crippen LogP contribution in [0.15, 0.2) is 42.5 Å². The van der Waals surface area contributed by atoms with Crippen LogP contribution in [0, 0.1) is 0 Å². The lowest BCUT2D eigenvalue weighted by molar-refractivity contribution is -0.131. The van der Waals surface area contributed by atoms with Crippen LogP contribution in [-0.2, 0) is 4.79 Å². The maximum atomic E-state index is 12.9. The number of hydrogen-bond acceptors (Lipinski definition) is 4. The van der Waals surface area contributed by atoms with Crippen molar-refractivity contribution in [3.8, 4) is 11.5 Å². The fraction of sp³-hybridized carbons (Fsp3) is 0.409. The second-order valence-corrected chi connectivity index (χ2v) is 7.74. The van der Waals surface area contributed by atoms with Crippen molar-refractivity contribution in [2.24, 2.45) is 0 Å². The van der Waals surface area contributed by atoms with Crippen LogP contribution in [0.2, 0.25) is 5.02 Å². The summed E-state index contributed by atoms with van der Waals surface area (Å²) < 4.78 is 11.3. The number of nitrogens with zero attached hydrogens (tertiary/aromatic N) is 1. The number of fused-ring (bicyclic) bond motifs is 1. The molecule has 2 aliphatic rings. The minimum absolute atomic E-state index is 0.0802. The van der Waals surface area contributed by atoms with Crippen LogP contribution in [0.5, 0.6) is 11.5 Å². The van der Waals surface area contributed by atoms with Gasteiger partial charge < -0.3 is 19.7 Å². The molecule has 2 atom stereocenters. The number of halogens is 1. The van der Waals surface area contributed by atoms with Crippen LogP contribution in [-0.4, -0.2) is 37.1 Å². The molecule has 2 aromatic carbocycles. The van der Waals surface area contributed by atoms with E-state index in [2.05, 4.69) is 12.2 Å². The van der Waals surface area contributed by atoms with Gasteiger partial charge in [-0.2, -0.15) is 0 Å². The van der Waals surface area contributed by atoms with E-state index in [-0.39, 0.29) is 18.0 Å². The van der Waals surface area contributed by atoms with Crippen molar-refractivity contribution in [3.05, 3.63) is 58.6 Å². The molecular weight excluding hydrogens is 376 g/mol. The maximum Gasteiger partial charge on any atom is 0.237 e. The predicted molar refractivity (Wildman–Crippen MR) is 109 cm³/mol. The van der Waals surface area contributed by atoms with E-state index in [1.54, 1.807) is 0 Å². The van der Waals surface area contributed by atoms with Crippen molar-refractivity contribution in [1.29, 1.82) is 0 Å². The summed E-state index contributed by atoms with van der Waals surface area (Å²) in [6, 6.07) is 13.9. The molecule has 2 unspecified atom stereocenters. The molecule has 6 heteroatoms. The molecule has 2 aliphatic heterocycles. The minimum Gasteiger partial charge on any atom is -0.486 e. The number of hydrogen-bond donors (Lipinski definition) is 1. The Bertz CT molecular complexity index is 840. The molecule has 0 aromatic heterocycles. The van der Waals surface area contributed by atoms with Gasteiger partial charge in [0.2, 0.25) is 5.91 Å². The fourth-order valence-electron chi connectivity index (χ4n) is 3.89. The quantitative estimate of drug-likeness (QED) is 0.820. The topological polar surface area (TPSA) is 50.8 Å². The third kappa shape index (κ3) is 4.10. The Kier molecular flexibility index (Phi) is 5.74. The second kappa shape index (κ2) is 8.41. The number of rotatable bonds is 5. The summed E-state index contributed by atoms with van der Waals surface area (Å²) in [7, 11) is 0. The van der Waals surface area contributed by atoms with Gasteiger partial charge in [0, 0.05) is 17.6 Å². The number of benzene rings is 2. The zero-order valence-electron chi connectivity index (χ0n) is 16.0. The van der Waals surface area contributed by atoms with E-state index in [0.29, 0.717) is 24.8 Å². The minimum atomic E-state index is 0.0802. The van der Waals surface area contributed by atoms with E-state index >= 15 is 0 Å². The van der Waals surface area contributed by atoms with Gasteiger partial charge in [0.1, 0.15) is 13.2 Å². The van der Waals surface area contributed by atoms with Crippen LogP contribution >= 0.6 is 11.6 Å². The van der Waals surface area contributed by atoms with Gasteiger partial charge in [-0.25, -0.2) is 0 Å². The SMILES string of the molecule is CC(NCC(=O)N1CCCC1c1ccc2c(c1)OCCO2)c1ccc(Cl)cc1. The first-order chi connectivity index (χ1) is 13.6. The zero-order valence-corrected chi connectivity index (χ0v) is 16.7. The Morgan fingerprint density at radius 3 is 2.71 bits per heavy atom. The monoisotopic (exact) mass is 400 g/mol. The molecule has 2 aromatic rings. The normalized spacial score (nSPS) is 19.5. The third-order valence-corrected chi connectivity index (χ3v) is 5.71. The molecule has 1 saturated heterocycles. The summed E-state index contributed by atoms with van der Waals surface area (Å²) >= 11 is 5.95. The van der Waals surface area contributed by atoms with E-state index in [4.69, 9.17) is 21.1 Å². The number of amides is 1. The smallest absolute Gasteiger partial charge is 0.237 e. The van der Waals surface area contributed by atoms with Crippen LogP contribution in [0.1, 0.15) is 43.0 Å². The molecule has 5 nitrogen and oxygen atoms in total. The molecule has 4 rings (SSSR count). The zero-order chi connectivity index (χ0) is 19.5. The first kappa shape index (κ1) is 19.1. The van der Waals surface area contributed by atoms with Crippen molar-refractivity contribution in [2.45, 2.75) is 31.8 Å². The first-order valence-corrected chi connectivity index (χ1v) is 10.2. The molecule has 1 N–H and O–H groups in total. The van der Waals surface area contributed by atoms with Gasteiger partial charge >= 0.3 is 0 Å². The lowest BCUT2D eigenvalue weighted by atomic mass is 10.0. The average molecular weight is 401 g/mol. The highest BCUT2D eigenvalue weighted by atomic mass is 35.5. The molecule has 2 heterocycles. The highest BCUT2D eigenvalue weighted by Crippen LogP contribution is 2.38. The lowest BCUT2D eigenvalue weighted by Crippen LogP contribution is -2.38. The van der Waals surface area contributed by atoms with Crippen molar-refractivity contribution in [2.75, 3.05) is 26.3 Å². The first-order valence-electron chi connectivity index (χ1n) is 9.79. The van der Waals surface area contributed by atoms with E-state index < -0.39 is 0 Å². The molecule has 0 saturated carbocycles. The largest absolute Gasteiger partial charge is 0.486 e. The summed E-state index contributed by atoms with van der Waals surface area (Å²) in [4.78, 5) is 14.9. The summed E-state index contributed by atoms with van der Waals surface area (Å²) in [6.45, 7) is 4.30. The van der Waals surface area contributed by atoms with Crippen LogP contribution in [0.4, 0.5) is 0 Å². The van der Waals surface area contributed by atoms with Gasteiger partial charge in [-0.1, -0.05) is 29.8 Å². The molecule has 0 aliphatic carbocycles. The summed E-state index contributed by atoms with van der Waals surface area (Å²) in [5.41, 5.74) is 2.22. The van der Waals surface area contributed by atoms with Gasteiger partial charge in [0.15, 0.2) is 11.5 Å². The molecule has 148 valence electrons. The molecular formula is C22H25ClN2O3. The molecule has 0 bridgehead atoms. The van der Waals surface area contributed by atoms with Gasteiger partial charge in [-0.15, -0.1) is 0 Å². The highest BCUT2D eigenvalue weighted by Gasteiger charge is 2.30. The predicted octanol–water partition coefficient (Wildman–Crippen LogP) is 4.13. The second-order valence-electron chi connectivity index (χ2n) is 7.30. The van der Waals surface area contributed by atoms with Crippen molar-refractivity contribution in [1.82, 2.24) is 10.2 Å². The lowest BCUT2D eigenvalue weighted by Gasteiger charge is -2.27. The van der Waals surface area contributed by atoms with Crippen LogP contribution in [0.3, 0.4) is 0 Å². The van der Waals surface area contributed by atoms with Crippen molar-refractivity contribution < 1.29 is 14.3 Å². The average Bonchev–Trinajstić information content (AvgIpc) is 3.22. The fourth-order valence-corrected chi connectivity index (χ4v) is 4.02. The Hall–Kier alpha value is -2.24. The molecule has 0 spiro atoms. The summed E-state index contributed by atoms with van der Waals surface area (Å²) in [6.07, 6.45) is 1.98. The van der Waals surface area contributed by atoms with E-state index in [9.17, 15) is 4.79 Å². The highest BCUT2D eigenvalue weighted by molar-refractivity contribution is 6.30.